The molecule has 24 heavy (non-hydrogen) atoms. The van der Waals surface area contributed by atoms with Gasteiger partial charge in [0.05, 0.1) is 12.8 Å². The zero-order valence-corrected chi connectivity index (χ0v) is 14.1. The lowest BCUT2D eigenvalue weighted by atomic mass is 10.1. The van der Waals surface area contributed by atoms with Gasteiger partial charge in [-0.1, -0.05) is 22.6 Å². The van der Waals surface area contributed by atoms with E-state index in [-0.39, 0.29) is 5.76 Å². The van der Waals surface area contributed by atoms with E-state index in [1.54, 1.807) is 0 Å². The number of ether oxygens (including phenoxy) is 1. The fraction of sp³-hybridized carbons (Fsp3) is 0.250. The molecule has 0 aliphatic heterocycles. The van der Waals surface area contributed by atoms with Crippen molar-refractivity contribution in [1.29, 1.82) is 0 Å². The monoisotopic (exact) mass is 344 g/mol. The molecule has 0 radical (unpaired) electrons. The predicted molar refractivity (Wildman–Crippen MR) is 89.5 cm³/mol. The Labute approximate surface area is 142 Å². The molecular formula is C16H16N4O3S. The van der Waals surface area contributed by atoms with E-state index in [0.29, 0.717) is 18.2 Å². The van der Waals surface area contributed by atoms with Crippen molar-refractivity contribution in [3.8, 4) is 5.75 Å². The van der Waals surface area contributed by atoms with Crippen molar-refractivity contribution < 1.29 is 14.1 Å². The van der Waals surface area contributed by atoms with Gasteiger partial charge >= 0.3 is 0 Å². The molecule has 124 valence electrons. The van der Waals surface area contributed by atoms with Gasteiger partial charge in [-0.3, -0.25) is 10.1 Å². The summed E-state index contributed by atoms with van der Waals surface area (Å²) >= 11 is 1.30. The molecule has 0 aliphatic rings. The lowest BCUT2D eigenvalue weighted by Crippen LogP contribution is -2.10. The van der Waals surface area contributed by atoms with E-state index < -0.39 is 5.91 Å². The summed E-state index contributed by atoms with van der Waals surface area (Å²) in [5.74, 6) is 0.563. The average molecular weight is 344 g/mol. The summed E-state index contributed by atoms with van der Waals surface area (Å²) in [4.78, 5) is 11.8. The third-order valence-electron chi connectivity index (χ3n) is 3.41. The van der Waals surface area contributed by atoms with E-state index in [1.807, 2.05) is 18.2 Å². The SMILES string of the molecule is Cc1ccc(OCCc2nnc(NC(=O)c3ccno3)s2)cc1C. The molecule has 8 heteroatoms. The van der Waals surface area contributed by atoms with Crippen LogP contribution in [0, 0.1) is 13.8 Å². The Balaban J connectivity index is 1.50. The molecule has 0 bridgehead atoms. The fourth-order valence-electron chi connectivity index (χ4n) is 1.96. The first-order valence-corrected chi connectivity index (χ1v) is 8.18. The van der Waals surface area contributed by atoms with Gasteiger partial charge in [-0.25, -0.2) is 0 Å². The first-order valence-electron chi connectivity index (χ1n) is 7.36. The third kappa shape index (κ3) is 3.96. The maximum absolute atomic E-state index is 11.8. The summed E-state index contributed by atoms with van der Waals surface area (Å²) in [6.07, 6.45) is 2.02. The second kappa shape index (κ2) is 7.22. The summed E-state index contributed by atoms with van der Waals surface area (Å²) in [7, 11) is 0. The van der Waals surface area contributed by atoms with Crippen molar-refractivity contribution in [2.75, 3.05) is 11.9 Å². The standard InChI is InChI=1S/C16H16N4O3S/c1-10-3-4-12(9-11(10)2)22-8-6-14-19-20-16(24-14)18-15(21)13-5-7-17-23-13/h3-5,7,9H,6,8H2,1-2H3,(H,18,20,21). The number of rotatable bonds is 6. The highest BCUT2D eigenvalue weighted by Crippen LogP contribution is 2.19. The highest BCUT2D eigenvalue weighted by atomic mass is 32.1. The molecule has 0 unspecified atom stereocenters. The lowest BCUT2D eigenvalue weighted by Gasteiger charge is -2.07. The summed E-state index contributed by atoms with van der Waals surface area (Å²) < 4.78 is 10.5. The van der Waals surface area contributed by atoms with Crippen molar-refractivity contribution in [1.82, 2.24) is 15.4 Å². The number of nitrogens with one attached hydrogen (secondary N) is 1. The lowest BCUT2D eigenvalue weighted by molar-refractivity contribution is 0.0988. The Kier molecular flexibility index (Phi) is 4.85. The van der Waals surface area contributed by atoms with Gasteiger partial charge in [0.1, 0.15) is 10.8 Å². The number of benzene rings is 1. The van der Waals surface area contributed by atoms with Crippen molar-refractivity contribution >= 4 is 22.4 Å². The van der Waals surface area contributed by atoms with Crippen LogP contribution in [0.1, 0.15) is 26.7 Å². The summed E-state index contributed by atoms with van der Waals surface area (Å²) in [6.45, 7) is 4.61. The van der Waals surface area contributed by atoms with Crippen LogP contribution in [0.3, 0.4) is 0 Å². The minimum absolute atomic E-state index is 0.129. The van der Waals surface area contributed by atoms with Gasteiger partial charge in [0.2, 0.25) is 10.9 Å². The van der Waals surface area contributed by atoms with Gasteiger partial charge in [-0.15, -0.1) is 10.2 Å². The highest BCUT2D eigenvalue weighted by molar-refractivity contribution is 7.15. The van der Waals surface area contributed by atoms with Crippen LogP contribution in [0.15, 0.2) is 35.0 Å². The Bertz CT molecular complexity index is 830. The van der Waals surface area contributed by atoms with Crippen LogP contribution >= 0.6 is 11.3 Å². The number of aryl methyl sites for hydroxylation is 2. The van der Waals surface area contributed by atoms with Crippen LogP contribution in [0.4, 0.5) is 5.13 Å². The maximum Gasteiger partial charge on any atom is 0.296 e. The molecule has 3 aromatic rings. The van der Waals surface area contributed by atoms with Gasteiger partial charge in [0.25, 0.3) is 5.91 Å². The molecule has 7 nitrogen and oxygen atoms in total. The minimum Gasteiger partial charge on any atom is -0.493 e. The zero-order valence-electron chi connectivity index (χ0n) is 13.3. The van der Waals surface area contributed by atoms with Gasteiger partial charge in [-0.2, -0.15) is 0 Å². The number of anilines is 1. The van der Waals surface area contributed by atoms with Crippen LogP contribution in [0.2, 0.25) is 0 Å². The molecule has 0 aliphatic carbocycles. The quantitative estimate of drug-likeness (QED) is 0.739. The molecule has 0 atom stereocenters. The topological polar surface area (TPSA) is 90.1 Å². The van der Waals surface area contributed by atoms with Gasteiger partial charge in [-0.05, 0) is 37.1 Å². The maximum atomic E-state index is 11.8. The summed E-state index contributed by atoms with van der Waals surface area (Å²) in [6, 6.07) is 7.48. The average Bonchev–Trinajstić information content (AvgIpc) is 3.23. The minimum atomic E-state index is -0.401. The summed E-state index contributed by atoms with van der Waals surface area (Å²) in [5, 5.41) is 15.3. The molecule has 2 heterocycles. The van der Waals surface area contributed by atoms with E-state index in [0.717, 1.165) is 10.8 Å². The second-order valence-electron chi connectivity index (χ2n) is 5.18. The Morgan fingerprint density at radius 1 is 1.25 bits per heavy atom. The number of amides is 1. The van der Waals surface area contributed by atoms with E-state index in [9.17, 15) is 4.79 Å². The van der Waals surface area contributed by atoms with E-state index in [4.69, 9.17) is 9.26 Å². The first-order chi connectivity index (χ1) is 11.6. The van der Waals surface area contributed by atoms with Crippen LogP contribution < -0.4 is 10.1 Å². The Hall–Kier alpha value is -2.74. The predicted octanol–water partition coefficient (Wildman–Crippen LogP) is 3.02. The van der Waals surface area contributed by atoms with Crippen molar-refractivity contribution in [2.24, 2.45) is 0 Å². The van der Waals surface area contributed by atoms with Gasteiger partial charge in [0.15, 0.2) is 0 Å². The molecule has 1 N–H and O–H groups in total. The Morgan fingerprint density at radius 2 is 2.12 bits per heavy atom. The molecule has 0 fully saturated rings. The van der Waals surface area contributed by atoms with Crippen LogP contribution in [-0.2, 0) is 6.42 Å². The van der Waals surface area contributed by atoms with Crippen LogP contribution in [0.5, 0.6) is 5.75 Å². The number of hydrogen-bond donors (Lipinski definition) is 1. The van der Waals surface area contributed by atoms with E-state index in [2.05, 4.69) is 34.5 Å². The number of nitrogens with zero attached hydrogens (tertiary/aromatic N) is 3. The molecular weight excluding hydrogens is 328 g/mol. The first kappa shape index (κ1) is 16.1. The largest absolute Gasteiger partial charge is 0.493 e. The van der Waals surface area contributed by atoms with E-state index in [1.165, 1.54) is 34.7 Å². The second-order valence-corrected chi connectivity index (χ2v) is 6.24. The number of aromatic nitrogens is 3. The van der Waals surface area contributed by atoms with Gasteiger partial charge < -0.3 is 9.26 Å². The fourth-order valence-corrected chi connectivity index (χ4v) is 2.67. The van der Waals surface area contributed by atoms with Crippen LogP contribution in [-0.4, -0.2) is 27.9 Å². The number of carbonyl (C=O) groups is 1. The normalized spacial score (nSPS) is 10.6. The highest BCUT2D eigenvalue weighted by Gasteiger charge is 2.13. The van der Waals surface area contributed by atoms with Crippen molar-refractivity contribution in [2.45, 2.75) is 20.3 Å². The molecule has 0 saturated heterocycles. The molecule has 1 amide bonds. The van der Waals surface area contributed by atoms with Gasteiger partial charge in [0, 0.05) is 12.5 Å². The molecule has 2 aromatic heterocycles. The number of carbonyl (C=O) groups excluding carboxylic acids is 1. The van der Waals surface area contributed by atoms with Crippen molar-refractivity contribution in [3.63, 3.8) is 0 Å². The van der Waals surface area contributed by atoms with E-state index >= 15 is 0 Å². The zero-order chi connectivity index (χ0) is 16.9. The third-order valence-corrected chi connectivity index (χ3v) is 4.31. The number of hydrogen-bond acceptors (Lipinski definition) is 7. The molecule has 1 aromatic carbocycles. The van der Waals surface area contributed by atoms with Crippen molar-refractivity contribution in [3.05, 3.63) is 52.4 Å². The molecule has 0 saturated carbocycles. The molecule has 0 spiro atoms. The summed E-state index contributed by atoms with van der Waals surface area (Å²) in [5.41, 5.74) is 2.43. The Morgan fingerprint density at radius 3 is 2.88 bits per heavy atom. The smallest absolute Gasteiger partial charge is 0.296 e. The van der Waals surface area contributed by atoms with Crippen LogP contribution in [0.25, 0.3) is 0 Å². The molecule has 3 rings (SSSR count).